The zero-order valence-corrected chi connectivity index (χ0v) is 16.5. The Hall–Kier alpha value is -0.240. The van der Waals surface area contributed by atoms with Crippen LogP contribution < -0.4 is 0 Å². The molecule has 0 saturated carbocycles. The van der Waals surface area contributed by atoms with E-state index in [1.807, 2.05) is 25.1 Å². The molecule has 0 N–H and O–H groups in total. The van der Waals surface area contributed by atoms with E-state index in [2.05, 4.69) is 19.1 Å². The normalized spacial score (nSPS) is 13.8. The Balaban J connectivity index is 2.23. The third-order valence-corrected chi connectivity index (χ3v) is 8.76. The lowest BCUT2D eigenvalue weighted by atomic mass is 10.1. The largest absolute Gasteiger partial charge is 0.321 e. The SMILES string of the molecule is CCCCCCCCCSP(=O)(CCc1ccccc1)OCC. The van der Waals surface area contributed by atoms with Crippen LogP contribution >= 0.6 is 18.0 Å². The summed E-state index contributed by atoms with van der Waals surface area (Å²) >= 11 is 1.57. The fourth-order valence-electron chi connectivity index (χ4n) is 2.54. The van der Waals surface area contributed by atoms with Gasteiger partial charge in [0.25, 0.3) is 6.57 Å². The lowest BCUT2D eigenvalue weighted by Crippen LogP contribution is -1.97. The standard InChI is InChI=1S/C19H33O2PS/c1-3-5-6-7-8-9-13-18-23-22(20,21-4-2)17-16-19-14-11-10-12-15-19/h10-12,14-15H,3-9,13,16-18H2,1-2H3. The van der Waals surface area contributed by atoms with Crippen LogP contribution in [0.3, 0.4) is 0 Å². The van der Waals surface area contributed by atoms with Crippen LogP contribution in [0.15, 0.2) is 30.3 Å². The average Bonchev–Trinajstić information content (AvgIpc) is 2.57. The number of hydrogen-bond donors (Lipinski definition) is 0. The van der Waals surface area contributed by atoms with Gasteiger partial charge in [-0.25, -0.2) is 0 Å². The van der Waals surface area contributed by atoms with Gasteiger partial charge in [0.05, 0.1) is 6.61 Å². The quantitative estimate of drug-likeness (QED) is 0.267. The second-order valence-electron chi connectivity index (χ2n) is 5.94. The maximum atomic E-state index is 12.9. The molecule has 0 spiro atoms. The maximum Gasteiger partial charge on any atom is 0.258 e. The number of aryl methyl sites for hydroxylation is 1. The number of benzene rings is 1. The lowest BCUT2D eigenvalue weighted by molar-refractivity contribution is 0.346. The molecular weight excluding hydrogens is 323 g/mol. The van der Waals surface area contributed by atoms with Crippen molar-refractivity contribution in [3.63, 3.8) is 0 Å². The molecule has 0 heterocycles. The van der Waals surface area contributed by atoms with Gasteiger partial charge in [0.15, 0.2) is 0 Å². The predicted octanol–water partition coefficient (Wildman–Crippen LogP) is 6.94. The molecule has 4 heteroatoms. The Morgan fingerprint density at radius 2 is 1.61 bits per heavy atom. The predicted molar refractivity (Wildman–Crippen MR) is 105 cm³/mol. The van der Waals surface area contributed by atoms with Crippen molar-refractivity contribution >= 4 is 18.0 Å². The zero-order chi connectivity index (χ0) is 16.8. The van der Waals surface area contributed by atoms with E-state index in [-0.39, 0.29) is 0 Å². The van der Waals surface area contributed by atoms with Gasteiger partial charge in [-0.05, 0) is 25.3 Å². The summed E-state index contributed by atoms with van der Waals surface area (Å²) in [5, 5.41) is 0. The van der Waals surface area contributed by atoms with Crippen molar-refractivity contribution in [1.29, 1.82) is 0 Å². The first-order valence-corrected chi connectivity index (χ1v) is 12.5. The van der Waals surface area contributed by atoms with Crippen LogP contribution in [0.1, 0.15) is 64.4 Å². The van der Waals surface area contributed by atoms with Crippen LogP contribution in [-0.2, 0) is 15.5 Å². The molecule has 0 bridgehead atoms. The number of rotatable bonds is 14. The highest BCUT2D eigenvalue weighted by atomic mass is 32.7. The number of unbranched alkanes of at least 4 members (excludes halogenated alkanes) is 6. The number of hydrogen-bond acceptors (Lipinski definition) is 3. The first-order chi connectivity index (χ1) is 11.2. The van der Waals surface area contributed by atoms with Gasteiger partial charge in [-0.1, -0.05) is 87.2 Å². The molecule has 0 aliphatic carbocycles. The topological polar surface area (TPSA) is 26.3 Å². The molecule has 0 radical (unpaired) electrons. The highest BCUT2D eigenvalue weighted by molar-refractivity contribution is 8.56. The zero-order valence-electron chi connectivity index (χ0n) is 14.8. The Kier molecular flexibility index (Phi) is 11.8. The van der Waals surface area contributed by atoms with Crippen molar-refractivity contribution in [2.24, 2.45) is 0 Å². The van der Waals surface area contributed by atoms with Gasteiger partial charge in [0, 0.05) is 11.9 Å². The average molecular weight is 357 g/mol. The van der Waals surface area contributed by atoms with Gasteiger partial charge in [0.2, 0.25) is 0 Å². The van der Waals surface area contributed by atoms with Crippen molar-refractivity contribution < 1.29 is 9.09 Å². The Bertz CT molecular complexity index is 436. The van der Waals surface area contributed by atoms with Crippen LogP contribution in [0, 0.1) is 0 Å². The molecule has 0 aromatic heterocycles. The lowest BCUT2D eigenvalue weighted by Gasteiger charge is -2.17. The van der Waals surface area contributed by atoms with Crippen LogP contribution in [-0.4, -0.2) is 18.5 Å². The van der Waals surface area contributed by atoms with E-state index in [1.165, 1.54) is 44.1 Å². The molecule has 0 amide bonds. The van der Waals surface area contributed by atoms with Crippen molar-refractivity contribution in [2.75, 3.05) is 18.5 Å². The summed E-state index contributed by atoms with van der Waals surface area (Å²) in [4.78, 5) is 0. The van der Waals surface area contributed by atoms with Gasteiger partial charge in [-0.3, -0.25) is 4.57 Å². The van der Waals surface area contributed by atoms with E-state index in [1.54, 1.807) is 11.4 Å². The molecule has 1 atom stereocenters. The monoisotopic (exact) mass is 356 g/mol. The molecule has 0 aliphatic heterocycles. The molecule has 132 valence electrons. The van der Waals surface area contributed by atoms with Crippen molar-refractivity contribution in [3.05, 3.63) is 35.9 Å². The van der Waals surface area contributed by atoms with E-state index in [0.717, 1.165) is 18.6 Å². The molecule has 0 aliphatic rings. The van der Waals surface area contributed by atoms with E-state index < -0.39 is 6.57 Å². The third-order valence-electron chi connectivity index (χ3n) is 3.88. The van der Waals surface area contributed by atoms with Gasteiger partial charge in [-0.2, -0.15) is 0 Å². The first-order valence-electron chi connectivity index (χ1n) is 9.12. The second kappa shape index (κ2) is 13.1. The van der Waals surface area contributed by atoms with Crippen LogP contribution in [0.4, 0.5) is 0 Å². The first kappa shape index (κ1) is 20.8. The summed E-state index contributed by atoms with van der Waals surface area (Å²) in [6, 6.07) is 10.3. The summed E-state index contributed by atoms with van der Waals surface area (Å²) in [6.45, 7) is 2.18. The molecule has 1 unspecified atom stereocenters. The van der Waals surface area contributed by atoms with Crippen molar-refractivity contribution in [1.82, 2.24) is 0 Å². The molecule has 0 fully saturated rings. The molecule has 1 rings (SSSR count). The summed E-state index contributed by atoms with van der Waals surface area (Å²) < 4.78 is 18.5. The highest BCUT2D eigenvalue weighted by Crippen LogP contribution is 2.60. The molecule has 1 aromatic carbocycles. The molecular formula is C19H33O2PS. The van der Waals surface area contributed by atoms with Gasteiger partial charge in [0.1, 0.15) is 0 Å². The minimum atomic E-state index is -2.53. The Morgan fingerprint density at radius 3 is 2.26 bits per heavy atom. The fraction of sp³-hybridized carbons (Fsp3) is 0.684. The Labute approximate surface area is 147 Å². The fourth-order valence-corrected chi connectivity index (χ4v) is 6.83. The van der Waals surface area contributed by atoms with Gasteiger partial charge >= 0.3 is 0 Å². The molecule has 0 saturated heterocycles. The van der Waals surface area contributed by atoms with E-state index in [4.69, 9.17) is 4.52 Å². The second-order valence-corrected chi connectivity index (χ2v) is 11.0. The maximum absolute atomic E-state index is 12.9. The Morgan fingerprint density at radius 1 is 0.957 bits per heavy atom. The van der Waals surface area contributed by atoms with E-state index in [9.17, 15) is 4.57 Å². The van der Waals surface area contributed by atoms with Crippen molar-refractivity contribution in [3.8, 4) is 0 Å². The minimum absolute atomic E-state index is 0.538. The minimum Gasteiger partial charge on any atom is -0.321 e. The van der Waals surface area contributed by atoms with Crippen LogP contribution in [0.25, 0.3) is 0 Å². The molecule has 2 nitrogen and oxygen atoms in total. The smallest absolute Gasteiger partial charge is 0.258 e. The van der Waals surface area contributed by atoms with E-state index in [0.29, 0.717) is 12.8 Å². The van der Waals surface area contributed by atoms with Gasteiger partial charge in [-0.15, -0.1) is 0 Å². The van der Waals surface area contributed by atoms with E-state index >= 15 is 0 Å². The van der Waals surface area contributed by atoms with Crippen LogP contribution in [0.5, 0.6) is 0 Å². The van der Waals surface area contributed by atoms with Gasteiger partial charge < -0.3 is 4.52 Å². The molecule has 1 aromatic rings. The molecule has 23 heavy (non-hydrogen) atoms. The third kappa shape index (κ3) is 10.3. The summed E-state index contributed by atoms with van der Waals surface area (Å²) in [5.41, 5.74) is 1.24. The van der Waals surface area contributed by atoms with Crippen LogP contribution in [0.2, 0.25) is 0 Å². The highest BCUT2D eigenvalue weighted by Gasteiger charge is 2.22. The summed E-state index contributed by atoms with van der Waals surface area (Å²) in [5.74, 6) is 0.958. The van der Waals surface area contributed by atoms with Crippen molar-refractivity contribution in [2.45, 2.75) is 65.2 Å². The summed E-state index contributed by atoms with van der Waals surface area (Å²) in [7, 11) is 0. The summed E-state index contributed by atoms with van der Waals surface area (Å²) in [6.07, 6.45) is 10.6.